The quantitative estimate of drug-likeness (QED) is 0.742. The molecule has 5 heteroatoms. The van der Waals surface area contributed by atoms with Gasteiger partial charge in [-0.15, -0.1) is 0 Å². The van der Waals surface area contributed by atoms with Gasteiger partial charge in [-0.25, -0.2) is 0 Å². The highest BCUT2D eigenvalue weighted by atomic mass is 35.5. The van der Waals surface area contributed by atoms with Crippen molar-refractivity contribution in [3.8, 4) is 0 Å². The van der Waals surface area contributed by atoms with Crippen LogP contribution in [0.1, 0.15) is 23.6 Å². The summed E-state index contributed by atoms with van der Waals surface area (Å²) in [7, 11) is 1.93. The number of rotatable bonds is 9. The summed E-state index contributed by atoms with van der Waals surface area (Å²) >= 11 is 5.88. The molecule has 0 spiro atoms. The Labute approximate surface area is 154 Å². The molecule has 2 aromatic rings. The molecule has 0 atom stereocenters. The van der Waals surface area contributed by atoms with Gasteiger partial charge in [0.2, 0.25) is 5.91 Å². The Bertz CT molecular complexity index is 656. The van der Waals surface area contributed by atoms with Crippen molar-refractivity contribution in [1.29, 1.82) is 0 Å². The zero-order chi connectivity index (χ0) is 18.1. The van der Waals surface area contributed by atoms with Crippen LogP contribution in [0.3, 0.4) is 0 Å². The highest BCUT2D eigenvalue weighted by Crippen LogP contribution is 2.11. The third-order valence-electron chi connectivity index (χ3n) is 3.76. The van der Waals surface area contributed by atoms with Crippen molar-refractivity contribution in [3.63, 3.8) is 0 Å². The van der Waals surface area contributed by atoms with Crippen LogP contribution >= 0.6 is 11.6 Å². The lowest BCUT2D eigenvalue weighted by Crippen LogP contribution is -2.34. The minimum Gasteiger partial charge on any atom is -0.377 e. The lowest BCUT2D eigenvalue weighted by atomic mass is 10.1. The van der Waals surface area contributed by atoms with E-state index in [1.54, 1.807) is 0 Å². The van der Waals surface area contributed by atoms with Gasteiger partial charge in [-0.2, -0.15) is 0 Å². The minimum atomic E-state index is 0.00913. The Hall–Kier alpha value is -1.88. The predicted octanol–water partition coefficient (Wildman–Crippen LogP) is 3.62. The summed E-state index contributed by atoms with van der Waals surface area (Å²) in [6, 6.07) is 15.8. The second kappa shape index (κ2) is 10.2. The minimum absolute atomic E-state index is 0.00913. The van der Waals surface area contributed by atoms with Crippen molar-refractivity contribution in [3.05, 3.63) is 70.2 Å². The highest BCUT2D eigenvalue weighted by Gasteiger charge is 2.07. The zero-order valence-electron chi connectivity index (χ0n) is 14.8. The molecule has 2 rings (SSSR count). The SMILES string of the molecule is CCOCc1ccc(CNC(=O)CN(C)Cc2ccc(Cl)cc2)cc1. The fraction of sp³-hybridized carbons (Fsp3) is 0.350. The summed E-state index contributed by atoms with van der Waals surface area (Å²) in [5.74, 6) is 0.00913. The molecule has 0 aliphatic carbocycles. The molecule has 0 fully saturated rings. The molecule has 134 valence electrons. The number of carbonyl (C=O) groups is 1. The Morgan fingerprint density at radius 3 is 2.28 bits per heavy atom. The van der Waals surface area contributed by atoms with Gasteiger partial charge in [0.1, 0.15) is 0 Å². The number of hydrogen-bond donors (Lipinski definition) is 1. The summed E-state index contributed by atoms with van der Waals surface area (Å²) in [5, 5.41) is 3.67. The first-order chi connectivity index (χ1) is 12.1. The highest BCUT2D eigenvalue weighted by molar-refractivity contribution is 6.30. The summed E-state index contributed by atoms with van der Waals surface area (Å²) in [4.78, 5) is 14.1. The molecule has 0 aliphatic rings. The molecule has 4 nitrogen and oxygen atoms in total. The van der Waals surface area contributed by atoms with Crippen LogP contribution in [-0.2, 0) is 29.2 Å². The number of nitrogens with one attached hydrogen (secondary N) is 1. The van der Waals surface area contributed by atoms with Crippen molar-refractivity contribution in [2.75, 3.05) is 20.2 Å². The number of carbonyl (C=O) groups excluding carboxylic acids is 1. The van der Waals surface area contributed by atoms with E-state index in [9.17, 15) is 4.79 Å². The van der Waals surface area contributed by atoms with Crippen molar-refractivity contribution >= 4 is 17.5 Å². The average Bonchev–Trinajstić information content (AvgIpc) is 2.61. The van der Waals surface area contributed by atoms with E-state index in [4.69, 9.17) is 16.3 Å². The number of benzene rings is 2. The maximum absolute atomic E-state index is 12.1. The van der Waals surface area contributed by atoms with Gasteiger partial charge in [0.25, 0.3) is 0 Å². The van der Waals surface area contributed by atoms with E-state index in [-0.39, 0.29) is 5.91 Å². The summed E-state index contributed by atoms with van der Waals surface area (Å²) in [6.07, 6.45) is 0. The van der Waals surface area contributed by atoms with E-state index in [0.717, 1.165) is 21.7 Å². The third-order valence-corrected chi connectivity index (χ3v) is 4.02. The predicted molar refractivity (Wildman–Crippen MR) is 101 cm³/mol. The van der Waals surface area contributed by atoms with Gasteiger partial charge in [-0.05, 0) is 42.8 Å². The van der Waals surface area contributed by atoms with Gasteiger partial charge < -0.3 is 10.1 Å². The van der Waals surface area contributed by atoms with Crippen LogP contribution in [0.25, 0.3) is 0 Å². The molecule has 1 amide bonds. The molecule has 0 unspecified atom stereocenters. The summed E-state index contributed by atoms with van der Waals surface area (Å²) in [6.45, 7) is 4.90. The molecule has 2 aromatic carbocycles. The zero-order valence-corrected chi connectivity index (χ0v) is 15.6. The van der Waals surface area contributed by atoms with Crippen molar-refractivity contribution in [2.45, 2.75) is 26.6 Å². The molecule has 0 radical (unpaired) electrons. The van der Waals surface area contributed by atoms with Crippen LogP contribution in [0, 0.1) is 0 Å². The number of nitrogens with zero attached hydrogens (tertiary/aromatic N) is 1. The second-order valence-electron chi connectivity index (χ2n) is 6.03. The van der Waals surface area contributed by atoms with Gasteiger partial charge in [0.15, 0.2) is 0 Å². The molecule has 25 heavy (non-hydrogen) atoms. The number of hydrogen-bond acceptors (Lipinski definition) is 3. The molecule has 0 saturated carbocycles. The van der Waals surface area contributed by atoms with Crippen LogP contribution in [0.15, 0.2) is 48.5 Å². The number of likely N-dealkylation sites (N-methyl/N-ethyl adjacent to an activating group) is 1. The Balaban J connectivity index is 1.73. The average molecular weight is 361 g/mol. The van der Waals surface area contributed by atoms with E-state index in [0.29, 0.717) is 32.8 Å². The summed E-state index contributed by atoms with van der Waals surface area (Å²) in [5.41, 5.74) is 3.35. The van der Waals surface area contributed by atoms with Gasteiger partial charge >= 0.3 is 0 Å². The van der Waals surface area contributed by atoms with Crippen LogP contribution in [0.2, 0.25) is 5.02 Å². The first-order valence-corrected chi connectivity index (χ1v) is 8.80. The molecular formula is C20H25ClN2O2. The first-order valence-electron chi connectivity index (χ1n) is 8.42. The number of amides is 1. The Morgan fingerprint density at radius 2 is 1.64 bits per heavy atom. The fourth-order valence-electron chi connectivity index (χ4n) is 2.43. The van der Waals surface area contributed by atoms with E-state index in [2.05, 4.69) is 5.32 Å². The van der Waals surface area contributed by atoms with Crippen LogP contribution < -0.4 is 5.32 Å². The largest absolute Gasteiger partial charge is 0.377 e. The standard InChI is InChI=1S/C20H25ClN2O2/c1-3-25-15-18-6-4-16(5-7-18)12-22-20(24)14-23(2)13-17-8-10-19(21)11-9-17/h4-11H,3,12-15H2,1-2H3,(H,22,24). The van der Waals surface area contributed by atoms with Crippen LogP contribution in [0.4, 0.5) is 0 Å². The fourth-order valence-corrected chi connectivity index (χ4v) is 2.56. The molecular weight excluding hydrogens is 336 g/mol. The molecule has 0 heterocycles. The van der Waals surface area contributed by atoms with E-state index >= 15 is 0 Å². The van der Waals surface area contributed by atoms with E-state index in [1.807, 2.05) is 67.4 Å². The molecule has 0 saturated heterocycles. The third kappa shape index (κ3) is 7.26. The Kier molecular flexibility index (Phi) is 7.92. The lowest BCUT2D eigenvalue weighted by molar-refractivity contribution is -0.122. The van der Waals surface area contributed by atoms with Crippen molar-refractivity contribution < 1.29 is 9.53 Å². The molecule has 0 bridgehead atoms. The Morgan fingerprint density at radius 1 is 1.04 bits per heavy atom. The number of ether oxygens (including phenoxy) is 1. The van der Waals surface area contributed by atoms with Crippen molar-refractivity contribution in [2.24, 2.45) is 0 Å². The number of halogens is 1. The maximum atomic E-state index is 12.1. The molecule has 0 aromatic heterocycles. The topological polar surface area (TPSA) is 41.6 Å². The lowest BCUT2D eigenvalue weighted by Gasteiger charge is -2.16. The van der Waals surface area contributed by atoms with Gasteiger partial charge in [0.05, 0.1) is 13.2 Å². The van der Waals surface area contributed by atoms with Crippen molar-refractivity contribution in [1.82, 2.24) is 10.2 Å². The maximum Gasteiger partial charge on any atom is 0.234 e. The second-order valence-corrected chi connectivity index (χ2v) is 6.47. The van der Waals surface area contributed by atoms with Crippen LogP contribution in [0.5, 0.6) is 0 Å². The monoisotopic (exact) mass is 360 g/mol. The van der Waals surface area contributed by atoms with Crippen LogP contribution in [-0.4, -0.2) is 31.0 Å². The van der Waals surface area contributed by atoms with E-state index < -0.39 is 0 Å². The smallest absolute Gasteiger partial charge is 0.234 e. The molecule has 0 aliphatic heterocycles. The molecule has 1 N–H and O–H groups in total. The normalized spacial score (nSPS) is 10.9. The van der Waals surface area contributed by atoms with E-state index in [1.165, 1.54) is 0 Å². The first kappa shape index (κ1) is 19.4. The summed E-state index contributed by atoms with van der Waals surface area (Å²) < 4.78 is 5.37. The van der Waals surface area contributed by atoms with Gasteiger partial charge in [0, 0.05) is 24.7 Å². The van der Waals surface area contributed by atoms with Gasteiger partial charge in [-0.1, -0.05) is 48.0 Å². The van der Waals surface area contributed by atoms with Gasteiger partial charge in [-0.3, -0.25) is 9.69 Å².